The van der Waals surface area contributed by atoms with Crippen LogP contribution >= 0.6 is 23.8 Å². The molecule has 0 radical (unpaired) electrons. The van der Waals surface area contributed by atoms with Gasteiger partial charge in [0.15, 0.2) is 5.11 Å². The molecule has 2 aromatic carbocycles. The molecule has 0 atom stereocenters. The Balaban J connectivity index is 1.89. The van der Waals surface area contributed by atoms with Crippen LogP contribution < -0.4 is 10.7 Å². The van der Waals surface area contributed by atoms with Gasteiger partial charge in [0.25, 0.3) is 0 Å². The fourth-order valence-corrected chi connectivity index (χ4v) is 1.89. The lowest BCUT2D eigenvalue weighted by Gasteiger charge is -2.07. The maximum absolute atomic E-state index is 6.02. The van der Waals surface area contributed by atoms with Crippen molar-refractivity contribution in [2.75, 3.05) is 5.32 Å². The summed E-state index contributed by atoms with van der Waals surface area (Å²) in [5.41, 5.74) is 5.70. The Morgan fingerprint density at radius 2 is 1.85 bits per heavy atom. The third kappa shape index (κ3) is 4.33. The molecule has 0 heterocycles. The van der Waals surface area contributed by atoms with Crippen molar-refractivity contribution in [1.82, 2.24) is 5.43 Å². The summed E-state index contributed by atoms with van der Waals surface area (Å²) in [7, 11) is 0. The Hall–Kier alpha value is -1.91. The molecule has 5 heteroatoms. The molecule has 0 aliphatic heterocycles. The highest BCUT2D eigenvalue weighted by Crippen LogP contribution is 2.12. The van der Waals surface area contributed by atoms with Gasteiger partial charge in [-0.3, -0.25) is 5.43 Å². The highest BCUT2D eigenvalue weighted by atomic mass is 35.5. The van der Waals surface area contributed by atoms with Gasteiger partial charge in [-0.2, -0.15) is 5.10 Å². The number of hydrazone groups is 1. The van der Waals surface area contributed by atoms with E-state index in [1.807, 2.05) is 55.5 Å². The second-order valence-electron chi connectivity index (χ2n) is 4.21. The molecule has 2 rings (SSSR count). The molecule has 2 N–H and O–H groups in total. The number of nitrogens with one attached hydrogen (secondary N) is 2. The first kappa shape index (κ1) is 14.5. The first-order chi connectivity index (χ1) is 9.65. The van der Waals surface area contributed by atoms with Crippen LogP contribution in [0.25, 0.3) is 0 Å². The smallest absolute Gasteiger partial charge is 0.191 e. The summed E-state index contributed by atoms with van der Waals surface area (Å²) in [6.45, 7) is 2.04. The van der Waals surface area contributed by atoms with Gasteiger partial charge < -0.3 is 5.32 Å². The molecular formula is C15H14ClN3S. The lowest BCUT2D eigenvalue weighted by atomic mass is 10.2. The Kier molecular flexibility index (Phi) is 5.09. The largest absolute Gasteiger partial charge is 0.331 e. The fraction of sp³-hybridized carbons (Fsp3) is 0.0667. The van der Waals surface area contributed by atoms with Crippen LogP contribution in [-0.2, 0) is 0 Å². The van der Waals surface area contributed by atoms with E-state index in [1.54, 1.807) is 6.21 Å². The number of rotatable bonds is 3. The van der Waals surface area contributed by atoms with Gasteiger partial charge in [-0.05, 0) is 37.3 Å². The summed E-state index contributed by atoms with van der Waals surface area (Å²) in [4.78, 5) is 0. The molecule has 2 aromatic rings. The van der Waals surface area contributed by atoms with Crippen LogP contribution in [0.15, 0.2) is 53.6 Å². The van der Waals surface area contributed by atoms with Crippen molar-refractivity contribution in [3.05, 3.63) is 64.7 Å². The van der Waals surface area contributed by atoms with Gasteiger partial charge in [-0.25, -0.2) is 0 Å². The van der Waals surface area contributed by atoms with E-state index in [9.17, 15) is 0 Å². The summed E-state index contributed by atoms with van der Waals surface area (Å²) in [5, 5.41) is 8.17. The number of hydrogen-bond donors (Lipinski definition) is 2. The van der Waals surface area contributed by atoms with Gasteiger partial charge in [0.2, 0.25) is 0 Å². The minimum atomic E-state index is 0.428. The molecule has 102 valence electrons. The van der Waals surface area contributed by atoms with Crippen LogP contribution in [0.2, 0.25) is 5.02 Å². The van der Waals surface area contributed by atoms with Crippen molar-refractivity contribution < 1.29 is 0 Å². The number of thiocarbonyl (C=S) groups is 1. The normalized spacial score (nSPS) is 10.5. The second-order valence-corrected chi connectivity index (χ2v) is 5.03. The Labute approximate surface area is 128 Å². The standard InChI is InChI=1S/C15H14ClN3S/c1-11-6-8-13(9-7-11)18-15(20)19-17-10-12-4-2-3-5-14(12)16/h2-10H,1H3,(H2,18,19,20)/b17-10-. The molecule has 0 bridgehead atoms. The topological polar surface area (TPSA) is 36.4 Å². The van der Waals surface area contributed by atoms with Crippen molar-refractivity contribution in [1.29, 1.82) is 0 Å². The summed E-state index contributed by atoms with van der Waals surface area (Å²) >= 11 is 11.2. The SMILES string of the molecule is Cc1ccc(NC(=S)N/N=C\c2ccccc2Cl)cc1. The minimum absolute atomic E-state index is 0.428. The predicted octanol–water partition coefficient (Wildman–Crippen LogP) is 3.97. The molecule has 0 aromatic heterocycles. The zero-order valence-electron chi connectivity index (χ0n) is 10.9. The van der Waals surface area contributed by atoms with Crippen molar-refractivity contribution in [2.24, 2.45) is 5.10 Å². The zero-order chi connectivity index (χ0) is 14.4. The van der Waals surface area contributed by atoms with Crippen molar-refractivity contribution in [3.8, 4) is 0 Å². The number of nitrogens with zero attached hydrogens (tertiary/aromatic N) is 1. The summed E-state index contributed by atoms with van der Waals surface area (Å²) in [6, 6.07) is 15.4. The minimum Gasteiger partial charge on any atom is -0.331 e. The maximum Gasteiger partial charge on any atom is 0.191 e. The van der Waals surface area contributed by atoms with Gasteiger partial charge in [0.05, 0.1) is 6.21 Å². The average molecular weight is 304 g/mol. The molecule has 0 fully saturated rings. The summed E-state index contributed by atoms with van der Waals surface area (Å²) in [5.74, 6) is 0. The Morgan fingerprint density at radius 3 is 2.55 bits per heavy atom. The van der Waals surface area contributed by atoms with Gasteiger partial charge in [-0.15, -0.1) is 0 Å². The molecule has 3 nitrogen and oxygen atoms in total. The molecule has 0 aliphatic carbocycles. The molecule has 0 saturated carbocycles. The van der Waals surface area contributed by atoms with Crippen LogP contribution in [0.5, 0.6) is 0 Å². The van der Waals surface area contributed by atoms with E-state index in [4.69, 9.17) is 23.8 Å². The van der Waals surface area contributed by atoms with Crippen LogP contribution in [0.3, 0.4) is 0 Å². The summed E-state index contributed by atoms with van der Waals surface area (Å²) < 4.78 is 0. The van der Waals surface area contributed by atoms with Gasteiger partial charge >= 0.3 is 0 Å². The third-order valence-corrected chi connectivity index (χ3v) is 3.12. The molecule has 0 aliphatic rings. The summed E-state index contributed by atoms with van der Waals surface area (Å²) in [6.07, 6.45) is 1.63. The average Bonchev–Trinajstić information content (AvgIpc) is 2.43. The molecule has 0 saturated heterocycles. The van der Waals surface area contributed by atoms with E-state index in [2.05, 4.69) is 15.8 Å². The fourth-order valence-electron chi connectivity index (χ4n) is 1.54. The number of halogens is 1. The first-order valence-corrected chi connectivity index (χ1v) is 6.85. The Bertz CT molecular complexity index is 623. The van der Waals surface area contributed by atoms with Crippen LogP contribution in [-0.4, -0.2) is 11.3 Å². The Morgan fingerprint density at radius 1 is 1.15 bits per heavy atom. The van der Waals surface area contributed by atoms with Crippen molar-refractivity contribution in [3.63, 3.8) is 0 Å². The second kappa shape index (κ2) is 7.03. The van der Waals surface area contributed by atoms with E-state index < -0.39 is 0 Å². The lowest BCUT2D eigenvalue weighted by molar-refractivity contribution is 1.05. The van der Waals surface area contributed by atoms with E-state index >= 15 is 0 Å². The quantitative estimate of drug-likeness (QED) is 0.512. The first-order valence-electron chi connectivity index (χ1n) is 6.06. The van der Waals surface area contributed by atoms with Crippen LogP contribution in [0.4, 0.5) is 5.69 Å². The number of hydrogen-bond acceptors (Lipinski definition) is 2. The van der Waals surface area contributed by atoms with Crippen molar-refractivity contribution in [2.45, 2.75) is 6.92 Å². The highest BCUT2D eigenvalue weighted by molar-refractivity contribution is 7.80. The molecule has 0 spiro atoms. The van der Waals surface area contributed by atoms with Crippen LogP contribution in [0.1, 0.15) is 11.1 Å². The molecule has 0 amide bonds. The number of anilines is 1. The van der Waals surface area contributed by atoms with E-state index in [1.165, 1.54) is 5.56 Å². The highest BCUT2D eigenvalue weighted by Gasteiger charge is 1.96. The predicted molar refractivity (Wildman–Crippen MR) is 89.6 cm³/mol. The van der Waals surface area contributed by atoms with Gasteiger partial charge in [0.1, 0.15) is 0 Å². The van der Waals surface area contributed by atoms with E-state index in [-0.39, 0.29) is 0 Å². The number of benzene rings is 2. The van der Waals surface area contributed by atoms with Gasteiger partial charge in [-0.1, -0.05) is 47.5 Å². The number of aryl methyl sites for hydroxylation is 1. The third-order valence-electron chi connectivity index (χ3n) is 2.58. The van der Waals surface area contributed by atoms with E-state index in [0.29, 0.717) is 10.1 Å². The maximum atomic E-state index is 6.02. The van der Waals surface area contributed by atoms with Gasteiger partial charge in [0, 0.05) is 16.3 Å². The zero-order valence-corrected chi connectivity index (χ0v) is 12.5. The monoisotopic (exact) mass is 303 g/mol. The van der Waals surface area contributed by atoms with Crippen LogP contribution in [0, 0.1) is 6.92 Å². The molecule has 20 heavy (non-hydrogen) atoms. The molecule has 0 unspecified atom stereocenters. The van der Waals surface area contributed by atoms with Crippen molar-refractivity contribution >= 4 is 40.8 Å². The van der Waals surface area contributed by atoms with E-state index in [0.717, 1.165) is 11.3 Å². The molecular weight excluding hydrogens is 290 g/mol. The lowest BCUT2D eigenvalue weighted by Crippen LogP contribution is -2.23.